The Labute approximate surface area is 160 Å². The average Bonchev–Trinajstić information content (AvgIpc) is 3.35. The summed E-state index contributed by atoms with van der Waals surface area (Å²) >= 11 is 0. The predicted molar refractivity (Wildman–Crippen MR) is 98.9 cm³/mol. The van der Waals surface area contributed by atoms with Crippen molar-refractivity contribution in [2.24, 2.45) is 0 Å². The zero-order valence-electron chi connectivity index (χ0n) is 15.4. The molecule has 1 amide bonds. The number of carbonyl (C=O) groups excluding carboxylic acids is 1. The van der Waals surface area contributed by atoms with Crippen molar-refractivity contribution >= 4 is 11.6 Å². The van der Waals surface area contributed by atoms with E-state index in [1.54, 1.807) is 49.5 Å². The van der Waals surface area contributed by atoms with E-state index in [0.717, 1.165) is 0 Å². The van der Waals surface area contributed by atoms with Gasteiger partial charge in [-0.05, 0) is 36.4 Å². The molecule has 2 heterocycles. The van der Waals surface area contributed by atoms with Crippen LogP contribution in [0.3, 0.4) is 0 Å². The number of rotatable bonds is 5. The first-order valence-corrected chi connectivity index (χ1v) is 8.71. The van der Waals surface area contributed by atoms with Crippen molar-refractivity contribution < 1.29 is 23.2 Å². The van der Waals surface area contributed by atoms with Crippen LogP contribution in [0.15, 0.2) is 47.0 Å². The lowest BCUT2D eigenvalue weighted by Crippen LogP contribution is -2.24. The molecule has 1 aliphatic rings. The second kappa shape index (κ2) is 7.30. The highest BCUT2D eigenvalue weighted by atomic mass is 19.1. The number of hydrogen-bond donors (Lipinski definition) is 0. The predicted octanol–water partition coefficient (Wildman–Crippen LogP) is 3.41. The first-order chi connectivity index (χ1) is 13.6. The summed E-state index contributed by atoms with van der Waals surface area (Å²) in [6.07, 6.45) is 0.249. The molecule has 7 nitrogen and oxygen atoms in total. The fourth-order valence-electron chi connectivity index (χ4n) is 3.24. The minimum absolute atomic E-state index is 0.0709. The van der Waals surface area contributed by atoms with Crippen LogP contribution >= 0.6 is 0 Å². The van der Waals surface area contributed by atoms with E-state index in [-0.39, 0.29) is 24.1 Å². The molecule has 4 rings (SSSR count). The summed E-state index contributed by atoms with van der Waals surface area (Å²) in [6.45, 7) is 0.395. The molecule has 8 heteroatoms. The van der Waals surface area contributed by atoms with E-state index >= 15 is 0 Å². The van der Waals surface area contributed by atoms with Crippen LogP contribution in [0.5, 0.6) is 11.5 Å². The quantitative estimate of drug-likeness (QED) is 0.672. The van der Waals surface area contributed by atoms with Crippen LogP contribution in [-0.2, 0) is 4.79 Å². The average molecular weight is 383 g/mol. The Bertz CT molecular complexity index is 1000. The van der Waals surface area contributed by atoms with Crippen molar-refractivity contribution in [1.29, 1.82) is 0 Å². The van der Waals surface area contributed by atoms with Gasteiger partial charge in [-0.3, -0.25) is 4.79 Å². The lowest BCUT2D eigenvalue weighted by Gasteiger charge is -2.15. The van der Waals surface area contributed by atoms with Gasteiger partial charge in [0.25, 0.3) is 0 Å². The molecule has 2 aromatic carbocycles. The summed E-state index contributed by atoms with van der Waals surface area (Å²) < 4.78 is 29.1. The summed E-state index contributed by atoms with van der Waals surface area (Å²) in [4.78, 5) is 18.5. The van der Waals surface area contributed by atoms with Gasteiger partial charge < -0.3 is 18.9 Å². The fourth-order valence-corrected chi connectivity index (χ4v) is 3.24. The minimum Gasteiger partial charge on any atom is -0.497 e. The number of benzene rings is 2. The van der Waals surface area contributed by atoms with E-state index in [1.165, 1.54) is 12.1 Å². The molecule has 0 radical (unpaired) electrons. The van der Waals surface area contributed by atoms with E-state index in [1.807, 2.05) is 0 Å². The van der Waals surface area contributed by atoms with E-state index in [0.29, 0.717) is 41.0 Å². The highest BCUT2D eigenvalue weighted by molar-refractivity contribution is 5.96. The van der Waals surface area contributed by atoms with E-state index < -0.39 is 0 Å². The number of ether oxygens (including phenoxy) is 2. The molecule has 3 aromatic rings. The summed E-state index contributed by atoms with van der Waals surface area (Å²) in [6, 6.07) is 11.1. The number of anilines is 1. The third-order valence-corrected chi connectivity index (χ3v) is 4.70. The van der Waals surface area contributed by atoms with E-state index in [9.17, 15) is 9.18 Å². The standard InChI is InChI=1S/C20H18FN3O4/c1-26-15-7-8-16(17(10-15)27-2)19-22-20(28-23-19)12-9-18(25)24(11-12)14-5-3-13(21)4-6-14/h3-8,10,12H,9,11H2,1-2H3/t12-/m1/s1. The van der Waals surface area contributed by atoms with Gasteiger partial charge in [-0.2, -0.15) is 4.98 Å². The highest BCUT2D eigenvalue weighted by Crippen LogP contribution is 2.35. The van der Waals surface area contributed by atoms with Crippen LogP contribution in [0.4, 0.5) is 10.1 Å². The van der Waals surface area contributed by atoms with Gasteiger partial charge in [0.15, 0.2) is 0 Å². The van der Waals surface area contributed by atoms with Crippen LogP contribution in [0.2, 0.25) is 0 Å². The lowest BCUT2D eigenvalue weighted by atomic mass is 10.1. The third-order valence-electron chi connectivity index (χ3n) is 4.70. The molecule has 0 aliphatic carbocycles. The Balaban J connectivity index is 1.57. The smallest absolute Gasteiger partial charge is 0.232 e. The second-order valence-corrected chi connectivity index (χ2v) is 6.40. The van der Waals surface area contributed by atoms with Gasteiger partial charge >= 0.3 is 0 Å². The van der Waals surface area contributed by atoms with Crippen LogP contribution in [-0.4, -0.2) is 36.8 Å². The molecule has 1 atom stereocenters. The van der Waals surface area contributed by atoms with Gasteiger partial charge in [-0.1, -0.05) is 5.16 Å². The topological polar surface area (TPSA) is 77.7 Å². The summed E-state index contributed by atoms with van der Waals surface area (Å²) in [5.74, 6) is 1.32. The Hall–Kier alpha value is -3.42. The molecule has 0 saturated carbocycles. The van der Waals surface area contributed by atoms with Gasteiger partial charge in [-0.15, -0.1) is 0 Å². The van der Waals surface area contributed by atoms with Gasteiger partial charge in [0.05, 0.1) is 25.7 Å². The molecule has 0 bridgehead atoms. The zero-order chi connectivity index (χ0) is 19.7. The van der Waals surface area contributed by atoms with Crippen LogP contribution < -0.4 is 14.4 Å². The first kappa shape index (κ1) is 18.0. The van der Waals surface area contributed by atoms with Crippen molar-refractivity contribution in [2.75, 3.05) is 25.7 Å². The maximum atomic E-state index is 13.1. The Morgan fingerprint density at radius 3 is 2.64 bits per heavy atom. The number of aromatic nitrogens is 2. The number of nitrogens with zero attached hydrogens (tertiary/aromatic N) is 3. The van der Waals surface area contributed by atoms with Crippen LogP contribution in [0.1, 0.15) is 18.2 Å². The molecule has 0 spiro atoms. The van der Waals surface area contributed by atoms with E-state index in [2.05, 4.69) is 10.1 Å². The molecular weight excluding hydrogens is 365 g/mol. The number of amides is 1. The summed E-state index contributed by atoms with van der Waals surface area (Å²) in [5, 5.41) is 4.04. The van der Waals surface area contributed by atoms with Crippen LogP contribution in [0, 0.1) is 5.82 Å². The zero-order valence-corrected chi connectivity index (χ0v) is 15.4. The van der Waals surface area contributed by atoms with Gasteiger partial charge in [0.1, 0.15) is 17.3 Å². The summed E-state index contributed by atoms with van der Waals surface area (Å²) in [7, 11) is 3.13. The fraction of sp³-hybridized carbons (Fsp3) is 0.250. The van der Waals surface area contributed by atoms with Crippen molar-refractivity contribution in [1.82, 2.24) is 10.1 Å². The molecule has 0 unspecified atom stereocenters. The molecule has 144 valence electrons. The molecule has 28 heavy (non-hydrogen) atoms. The molecule has 1 saturated heterocycles. The monoisotopic (exact) mass is 383 g/mol. The normalized spacial score (nSPS) is 16.5. The minimum atomic E-state index is -0.345. The van der Waals surface area contributed by atoms with Gasteiger partial charge in [-0.25, -0.2) is 4.39 Å². The Kier molecular flexibility index (Phi) is 4.68. The number of carbonyl (C=O) groups is 1. The van der Waals surface area contributed by atoms with E-state index in [4.69, 9.17) is 14.0 Å². The maximum absolute atomic E-state index is 13.1. The second-order valence-electron chi connectivity index (χ2n) is 6.40. The third kappa shape index (κ3) is 3.28. The molecule has 1 fully saturated rings. The largest absolute Gasteiger partial charge is 0.497 e. The van der Waals surface area contributed by atoms with Crippen molar-refractivity contribution in [3.63, 3.8) is 0 Å². The molecule has 1 aliphatic heterocycles. The Morgan fingerprint density at radius 1 is 1.14 bits per heavy atom. The highest BCUT2D eigenvalue weighted by Gasteiger charge is 2.35. The van der Waals surface area contributed by atoms with Crippen molar-refractivity contribution in [3.8, 4) is 22.9 Å². The summed E-state index contributed by atoms with van der Waals surface area (Å²) in [5.41, 5.74) is 1.31. The van der Waals surface area contributed by atoms with Crippen molar-refractivity contribution in [3.05, 3.63) is 54.2 Å². The van der Waals surface area contributed by atoms with Crippen LogP contribution in [0.25, 0.3) is 11.4 Å². The lowest BCUT2D eigenvalue weighted by molar-refractivity contribution is -0.117. The van der Waals surface area contributed by atoms with Gasteiger partial charge in [0, 0.05) is 24.7 Å². The number of methoxy groups -OCH3 is 2. The maximum Gasteiger partial charge on any atom is 0.232 e. The van der Waals surface area contributed by atoms with Gasteiger partial charge in [0.2, 0.25) is 17.6 Å². The molecular formula is C20H18FN3O4. The number of halogens is 1. The molecule has 0 N–H and O–H groups in total. The van der Waals surface area contributed by atoms with Crippen molar-refractivity contribution in [2.45, 2.75) is 12.3 Å². The number of hydrogen-bond acceptors (Lipinski definition) is 6. The first-order valence-electron chi connectivity index (χ1n) is 8.71. The molecule has 1 aromatic heterocycles. The Morgan fingerprint density at radius 2 is 1.93 bits per heavy atom. The SMILES string of the molecule is COc1ccc(-c2noc([C@@H]3CC(=O)N(c4ccc(F)cc4)C3)n2)c(OC)c1.